The zero-order valence-electron chi connectivity index (χ0n) is 12.1. The molecule has 4 radical (unpaired) electrons. The Labute approximate surface area is 171 Å². The van der Waals surface area contributed by atoms with Gasteiger partial charge in [-0.25, -0.2) is 0 Å². The van der Waals surface area contributed by atoms with Crippen LogP contribution in [0.4, 0.5) is 0 Å². The molecule has 0 N–H and O–H groups in total. The van der Waals surface area contributed by atoms with Gasteiger partial charge in [-0.1, -0.05) is 64.2 Å². The van der Waals surface area contributed by atoms with Crippen molar-refractivity contribution in [2.75, 3.05) is 0 Å². The van der Waals surface area contributed by atoms with E-state index in [9.17, 15) is 3.40 Å². The normalized spacial score (nSPS) is 12.3. The van der Waals surface area contributed by atoms with Crippen LogP contribution in [0.1, 0.15) is 64.2 Å². The molecule has 2 aliphatic rings. The smallest absolute Gasteiger partial charge is 0 e. The van der Waals surface area contributed by atoms with E-state index in [1.807, 2.05) is 0 Å². The third-order valence-electron chi connectivity index (χ3n) is 2.50. The Bertz CT molecular complexity index is 276. The fraction of sp³-hybridized carbons (Fsp3) is 0.769. The van der Waals surface area contributed by atoms with Crippen molar-refractivity contribution in [3.63, 3.8) is 0 Å². The molecular formula is C13H20CoMnMoO4Se2. The van der Waals surface area contributed by atoms with Crippen LogP contribution < -0.4 is 0 Å². The van der Waals surface area contributed by atoms with Gasteiger partial charge < -0.3 is 0 Å². The van der Waals surface area contributed by atoms with Crippen molar-refractivity contribution >= 4 is 34.1 Å². The van der Waals surface area contributed by atoms with Crippen LogP contribution in [0.3, 0.4) is 0 Å². The van der Waals surface area contributed by atoms with Crippen LogP contribution >= 0.6 is 0 Å². The first-order valence-corrected chi connectivity index (χ1v) is 13.7. The van der Waals surface area contributed by atoms with Gasteiger partial charge in [0.05, 0.1) is 0 Å². The van der Waals surface area contributed by atoms with Crippen LogP contribution in [0, 0.1) is 20.0 Å². The molecule has 2 rings (SSSR count). The first-order valence-electron chi connectivity index (χ1n) is 6.07. The van der Waals surface area contributed by atoms with E-state index in [4.69, 9.17) is 14.0 Å². The molecule has 2 aliphatic carbocycles. The molecule has 4 nitrogen and oxygen atoms in total. The summed E-state index contributed by atoms with van der Waals surface area (Å²) in [4.78, 5) is 0. The average molecular weight is 608 g/mol. The third kappa shape index (κ3) is 67.8. The van der Waals surface area contributed by atoms with Gasteiger partial charge in [0.15, 0.2) is 0 Å². The minimum absolute atomic E-state index is 0. The summed E-state index contributed by atoms with van der Waals surface area (Å²) < 4.78 is 32.0. The average Bonchev–Trinajstić information content (AvgIpc) is 3.22. The van der Waals surface area contributed by atoms with E-state index in [1.165, 1.54) is 64.2 Å². The van der Waals surface area contributed by atoms with Gasteiger partial charge in [0.25, 0.3) is 0 Å². The van der Waals surface area contributed by atoms with E-state index >= 15 is 0 Å². The van der Waals surface area contributed by atoms with Gasteiger partial charge in [-0.05, 0) is 0 Å². The summed E-state index contributed by atoms with van der Waals surface area (Å²) in [5, 5.41) is 0. The maximum absolute atomic E-state index is 9.48. The van der Waals surface area contributed by atoms with Crippen molar-refractivity contribution < 1.29 is 54.8 Å². The molecule has 0 aromatic rings. The molecule has 0 atom stereocenters. The Kier molecular flexibility index (Phi) is 87.8. The second kappa shape index (κ2) is 49.5. The Morgan fingerprint density at radius 2 is 0.682 bits per heavy atom. The SMILES string of the molecule is C1CCCC1.C1CCCC1.[C-]#[O+].[C-]#[O+].[C-]#[O+].[O]=[Mo](=[Mn])=[Co].[Se].[Se]. The molecule has 22 heavy (non-hydrogen) atoms. The number of hydrogen-bond donors (Lipinski definition) is 0. The van der Waals surface area contributed by atoms with Gasteiger partial charge in [0.1, 0.15) is 0 Å². The molecule has 0 saturated heterocycles. The predicted molar refractivity (Wildman–Crippen MR) is 70.2 cm³/mol. The summed E-state index contributed by atoms with van der Waals surface area (Å²) >= 11 is 4.18. The van der Waals surface area contributed by atoms with E-state index < -0.39 is 12.0 Å². The number of hydrogen-bond acceptors (Lipinski definition) is 1. The van der Waals surface area contributed by atoms with E-state index in [2.05, 4.69) is 45.3 Å². The second-order valence-corrected chi connectivity index (χ2v) is 11.6. The Balaban J connectivity index is -0.0000000362. The van der Waals surface area contributed by atoms with E-state index in [-0.39, 0.29) is 34.1 Å². The van der Waals surface area contributed by atoms with Gasteiger partial charge >= 0.3 is 74.7 Å². The molecule has 0 bridgehead atoms. The van der Waals surface area contributed by atoms with Gasteiger partial charge in [-0.3, -0.25) is 0 Å². The van der Waals surface area contributed by atoms with Crippen LogP contribution in [0.5, 0.6) is 0 Å². The minimum Gasteiger partial charge on any atom is 0 e. The van der Waals surface area contributed by atoms with Gasteiger partial charge in [-0.15, -0.1) is 0 Å². The molecule has 0 heterocycles. The van der Waals surface area contributed by atoms with Crippen molar-refractivity contribution in [1.29, 1.82) is 0 Å². The van der Waals surface area contributed by atoms with Crippen molar-refractivity contribution in [2.24, 2.45) is 0 Å². The first-order chi connectivity index (χ1) is 9.73. The maximum Gasteiger partial charge on any atom is 0 e. The molecule has 0 spiro atoms. The molecule has 130 valence electrons. The third-order valence-corrected chi connectivity index (χ3v) is 2.50. The summed E-state index contributed by atoms with van der Waals surface area (Å²) in [6.45, 7) is 13.5. The molecule has 0 aromatic carbocycles. The molecular weight excluding hydrogens is 588 g/mol. The summed E-state index contributed by atoms with van der Waals surface area (Å²) in [5.74, 6) is 0. The van der Waals surface area contributed by atoms with Crippen molar-refractivity contribution in [3.8, 4) is 0 Å². The van der Waals surface area contributed by atoms with Gasteiger partial charge in [0, 0.05) is 34.1 Å². The Hall–Kier alpha value is 1.77. The van der Waals surface area contributed by atoms with E-state index in [1.54, 1.807) is 0 Å². The van der Waals surface area contributed by atoms with Crippen LogP contribution in [-0.4, -0.2) is 34.1 Å². The Morgan fingerprint density at radius 3 is 0.727 bits per heavy atom. The van der Waals surface area contributed by atoms with Crippen LogP contribution in [0.15, 0.2) is 0 Å². The molecule has 0 unspecified atom stereocenters. The first kappa shape index (κ1) is 39.0. The summed E-state index contributed by atoms with van der Waals surface area (Å²) in [6.07, 6.45) is 15.0. The van der Waals surface area contributed by atoms with Crippen molar-refractivity contribution in [3.05, 3.63) is 20.0 Å². The fourth-order valence-corrected chi connectivity index (χ4v) is 1.77. The Morgan fingerprint density at radius 1 is 0.636 bits per heavy atom. The monoisotopic (exact) mass is 612 g/mol. The minimum atomic E-state index is -2.11. The fourth-order valence-electron chi connectivity index (χ4n) is 1.77. The van der Waals surface area contributed by atoms with Crippen molar-refractivity contribution in [2.45, 2.75) is 64.2 Å². The second-order valence-electron chi connectivity index (χ2n) is 3.71. The summed E-state index contributed by atoms with van der Waals surface area (Å²) in [6, 6.07) is 0. The summed E-state index contributed by atoms with van der Waals surface area (Å²) in [5.41, 5.74) is 0. The van der Waals surface area contributed by atoms with E-state index in [0.717, 1.165) is 0 Å². The van der Waals surface area contributed by atoms with E-state index in [0.29, 0.717) is 0 Å². The maximum atomic E-state index is 9.48. The molecule has 2 fully saturated rings. The summed E-state index contributed by atoms with van der Waals surface area (Å²) in [7, 11) is 0. The topological polar surface area (TPSA) is 76.8 Å². The largest absolute Gasteiger partial charge is 0 e. The molecule has 0 amide bonds. The molecule has 0 aromatic heterocycles. The van der Waals surface area contributed by atoms with Crippen LogP contribution in [0.2, 0.25) is 0 Å². The van der Waals surface area contributed by atoms with Gasteiger partial charge in [0.2, 0.25) is 0 Å². The quantitative estimate of drug-likeness (QED) is 0.237. The van der Waals surface area contributed by atoms with Crippen molar-refractivity contribution in [1.82, 2.24) is 0 Å². The van der Waals surface area contributed by atoms with Gasteiger partial charge in [-0.2, -0.15) is 0 Å². The number of rotatable bonds is 0. The molecule has 2 saturated carbocycles. The molecule has 0 aliphatic heterocycles. The molecule has 9 heteroatoms. The zero-order valence-corrected chi connectivity index (χ0v) is 19.8. The van der Waals surface area contributed by atoms with Crippen LogP contribution in [0.25, 0.3) is 0 Å². The standard InChI is InChI=1S/2C5H10.3CO.Co.Mn.Mo.O.2Se/c2*1-2-4-5-3-1;3*1-2;;;;;;/h2*1-5H2;;;;;;;;;. The predicted octanol–water partition coefficient (Wildman–Crippen LogP) is 2.90. The zero-order chi connectivity index (χ0) is 16.6. The van der Waals surface area contributed by atoms with Crippen LogP contribution in [-0.2, 0) is 54.8 Å².